The van der Waals surface area contributed by atoms with E-state index in [0.29, 0.717) is 5.92 Å². The standard InChI is InChI=1S/C12H17N3/c1-7-5-8(7)12-14-6-9-10(13)3-2-4-11(9)15-12/h6-8,10H,2-5,13H2,1H3. The van der Waals surface area contributed by atoms with Crippen molar-refractivity contribution in [3.05, 3.63) is 23.3 Å². The van der Waals surface area contributed by atoms with Gasteiger partial charge in [0.25, 0.3) is 0 Å². The van der Waals surface area contributed by atoms with Crippen LogP contribution in [-0.4, -0.2) is 9.97 Å². The Balaban J connectivity index is 1.95. The smallest absolute Gasteiger partial charge is 0.131 e. The second-order valence-electron chi connectivity index (χ2n) is 4.95. The van der Waals surface area contributed by atoms with Gasteiger partial charge in [0, 0.05) is 29.4 Å². The Morgan fingerprint density at radius 3 is 3.00 bits per heavy atom. The van der Waals surface area contributed by atoms with Crippen LogP contribution in [0.3, 0.4) is 0 Å². The van der Waals surface area contributed by atoms with E-state index in [0.717, 1.165) is 24.6 Å². The van der Waals surface area contributed by atoms with E-state index in [1.54, 1.807) is 0 Å². The zero-order valence-electron chi connectivity index (χ0n) is 9.11. The van der Waals surface area contributed by atoms with Crippen LogP contribution in [0.25, 0.3) is 0 Å². The van der Waals surface area contributed by atoms with E-state index in [1.807, 2.05) is 6.20 Å². The maximum atomic E-state index is 6.04. The van der Waals surface area contributed by atoms with Crippen LogP contribution in [0.15, 0.2) is 6.20 Å². The lowest BCUT2D eigenvalue weighted by molar-refractivity contribution is 0.552. The summed E-state index contributed by atoms with van der Waals surface area (Å²) in [5, 5.41) is 0. The molecule has 15 heavy (non-hydrogen) atoms. The van der Waals surface area contributed by atoms with E-state index in [-0.39, 0.29) is 6.04 Å². The molecule has 3 unspecified atom stereocenters. The minimum absolute atomic E-state index is 0.166. The molecule has 1 saturated carbocycles. The summed E-state index contributed by atoms with van der Waals surface area (Å²) in [5.41, 5.74) is 8.42. The lowest BCUT2D eigenvalue weighted by Gasteiger charge is -2.21. The Bertz CT molecular complexity index is 388. The SMILES string of the molecule is CC1CC1c1ncc2c(n1)CCCC2N. The molecule has 0 aliphatic heterocycles. The average Bonchev–Trinajstić information content (AvgIpc) is 2.95. The van der Waals surface area contributed by atoms with Gasteiger partial charge in [-0.3, -0.25) is 0 Å². The van der Waals surface area contributed by atoms with Crippen LogP contribution in [0, 0.1) is 5.92 Å². The first kappa shape index (κ1) is 9.28. The topological polar surface area (TPSA) is 51.8 Å². The maximum absolute atomic E-state index is 6.04. The summed E-state index contributed by atoms with van der Waals surface area (Å²) in [6, 6.07) is 0.166. The summed E-state index contributed by atoms with van der Waals surface area (Å²) in [6.07, 6.45) is 6.55. The van der Waals surface area contributed by atoms with Gasteiger partial charge in [-0.1, -0.05) is 6.92 Å². The molecule has 1 fully saturated rings. The molecule has 0 aromatic carbocycles. The molecule has 3 nitrogen and oxygen atoms in total. The number of rotatable bonds is 1. The molecular weight excluding hydrogens is 186 g/mol. The number of hydrogen-bond donors (Lipinski definition) is 1. The van der Waals surface area contributed by atoms with Gasteiger partial charge >= 0.3 is 0 Å². The zero-order chi connectivity index (χ0) is 10.4. The van der Waals surface area contributed by atoms with Crippen LogP contribution in [0.4, 0.5) is 0 Å². The van der Waals surface area contributed by atoms with Crippen LogP contribution in [-0.2, 0) is 6.42 Å². The highest BCUT2D eigenvalue weighted by atomic mass is 14.9. The van der Waals surface area contributed by atoms with Crippen LogP contribution in [0.5, 0.6) is 0 Å². The average molecular weight is 203 g/mol. The van der Waals surface area contributed by atoms with E-state index < -0.39 is 0 Å². The highest BCUT2D eigenvalue weighted by Crippen LogP contribution is 2.45. The predicted octanol–water partition coefficient (Wildman–Crippen LogP) is 1.94. The minimum Gasteiger partial charge on any atom is -0.324 e. The summed E-state index contributed by atoms with van der Waals surface area (Å²) >= 11 is 0. The molecule has 80 valence electrons. The number of hydrogen-bond acceptors (Lipinski definition) is 3. The van der Waals surface area contributed by atoms with Crippen LogP contribution < -0.4 is 5.73 Å². The van der Waals surface area contributed by atoms with Crippen molar-refractivity contribution in [2.75, 3.05) is 0 Å². The van der Waals surface area contributed by atoms with Gasteiger partial charge in [-0.05, 0) is 31.6 Å². The Morgan fingerprint density at radius 2 is 2.27 bits per heavy atom. The highest BCUT2D eigenvalue weighted by molar-refractivity contribution is 5.25. The second kappa shape index (κ2) is 3.27. The Hall–Kier alpha value is -0.960. The van der Waals surface area contributed by atoms with Gasteiger partial charge in [0.05, 0.1) is 0 Å². The normalized spacial score (nSPS) is 33.6. The molecule has 2 aliphatic carbocycles. The summed E-state index contributed by atoms with van der Waals surface area (Å²) in [5.74, 6) is 2.45. The molecule has 0 radical (unpaired) electrons. The Morgan fingerprint density at radius 1 is 1.47 bits per heavy atom. The second-order valence-corrected chi connectivity index (χ2v) is 4.95. The van der Waals surface area contributed by atoms with Crippen molar-refractivity contribution in [2.24, 2.45) is 11.7 Å². The summed E-state index contributed by atoms with van der Waals surface area (Å²) in [6.45, 7) is 2.26. The third-order valence-electron chi connectivity index (χ3n) is 3.69. The largest absolute Gasteiger partial charge is 0.324 e. The zero-order valence-corrected chi connectivity index (χ0v) is 9.11. The summed E-state index contributed by atoms with van der Waals surface area (Å²) in [7, 11) is 0. The van der Waals surface area contributed by atoms with Gasteiger partial charge in [0.1, 0.15) is 5.82 Å². The first-order chi connectivity index (χ1) is 7.25. The monoisotopic (exact) mass is 203 g/mol. The predicted molar refractivity (Wildman–Crippen MR) is 58.4 cm³/mol. The van der Waals surface area contributed by atoms with Gasteiger partial charge in [0.2, 0.25) is 0 Å². The van der Waals surface area contributed by atoms with Crippen molar-refractivity contribution in [1.82, 2.24) is 9.97 Å². The lowest BCUT2D eigenvalue weighted by atomic mass is 9.93. The van der Waals surface area contributed by atoms with Crippen molar-refractivity contribution in [1.29, 1.82) is 0 Å². The van der Waals surface area contributed by atoms with Crippen molar-refractivity contribution in [2.45, 2.75) is 44.6 Å². The highest BCUT2D eigenvalue weighted by Gasteiger charge is 2.37. The molecule has 2 aliphatic rings. The van der Waals surface area contributed by atoms with Crippen LogP contribution in [0.2, 0.25) is 0 Å². The summed E-state index contributed by atoms with van der Waals surface area (Å²) in [4.78, 5) is 9.15. The van der Waals surface area contributed by atoms with E-state index in [9.17, 15) is 0 Å². The van der Waals surface area contributed by atoms with Crippen LogP contribution >= 0.6 is 0 Å². The first-order valence-corrected chi connectivity index (χ1v) is 5.87. The molecule has 0 spiro atoms. The number of aromatic nitrogens is 2. The minimum atomic E-state index is 0.166. The van der Waals surface area contributed by atoms with E-state index in [2.05, 4.69) is 16.9 Å². The van der Waals surface area contributed by atoms with Gasteiger partial charge in [-0.2, -0.15) is 0 Å². The fourth-order valence-corrected chi connectivity index (χ4v) is 2.46. The maximum Gasteiger partial charge on any atom is 0.131 e. The van der Waals surface area contributed by atoms with E-state index >= 15 is 0 Å². The van der Waals surface area contributed by atoms with Gasteiger partial charge in [-0.15, -0.1) is 0 Å². The van der Waals surface area contributed by atoms with Gasteiger partial charge in [-0.25, -0.2) is 9.97 Å². The summed E-state index contributed by atoms with van der Waals surface area (Å²) < 4.78 is 0. The number of aryl methyl sites for hydroxylation is 1. The number of fused-ring (bicyclic) bond motifs is 1. The molecule has 0 bridgehead atoms. The molecule has 1 aromatic rings. The number of nitrogens with two attached hydrogens (primary N) is 1. The molecular formula is C12H17N3. The first-order valence-electron chi connectivity index (χ1n) is 5.87. The molecule has 3 atom stereocenters. The van der Waals surface area contributed by atoms with Crippen molar-refractivity contribution < 1.29 is 0 Å². The molecule has 3 heteroatoms. The number of nitrogens with zero attached hydrogens (tertiary/aromatic N) is 2. The molecule has 0 saturated heterocycles. The Kier molecular flexibility index (Phi) is 2.02. The molecule has 1 aromatic heterocycles. The quantitative estimate of drug-likeness (QED) is 0.758. The third-order valence-corrected chi connectivity index (χ3v) is 3.69. The third kappa shape index (κ3) is 1.55. The fourth-order valence-electron chi connectivity index (χ4n) is 2.46. The van der Waals surface area contributed by atoms with E-state index in [4.69, 9.17) is 5.73 Å². The van der Waals surface area contributed by atoms with Gasteiger partial charge < -0.3 is 5.73 Å². The lowest BCUT2D eigenvalue weighted by Crippen LogP contribution is -2.19. The van der Waals surface area contributed by atoms with Crippen molar-refractivity contribution in [3.63, 3.8) is 0 Å². The molecule has 2 N–H and O–H groups in total. The van der Waals surface area contributed by atoms with Crippen LogP contribution in [0.1, 0.15) is 55.2 Å². The molecule has 3 rings (SSSR count). The van der Waals surface area contributed by atoms with E-state index in [1.165, 1.54) is 24.1 Å². The van der Waals surface area contributed by atoms with Crippen molar-refractivity contribution in [3.8, 4) is 0 Å². The molecule has 0 amide bonds. The molecule has 1 heterocycles. The van der Waals surface area contributed by atoms with Crippen molar-refractivity contribution >= 4 is 0 Å². The Labute approximate surface area is 90.1 Å². The van der Waals surface area contributed by atoms with Gasteiger partial charge in [0.15, 0.2) is 0 Å². The fraction of sp³-hybridized carbons (Fsp3) is 0.667.